The number of carbonyl (C=O) groups is 1. The second kappa shape index (κ2) is 6.01. The van der Waals surface area contributed by atoms with E-state index in [0.717, 1.165) is 18.4 Å². The monoisotopic (exact) mass is 299 g/mol. The summed E-state index contributed by atoms with van der Waals surface area (Å²) in [5.41, 5.74) is 1.07. The van der Waals surface area contributed by atoms with Crippen LogP contribution in [-0.2, 0) is 11.3 Å². The number of para-hydroxylation sites is 1. The van der Waals surface area contributed by atoms with Crippen molar-refractivity contribution in [1.29, 1.82) is 0 Å². The molecule has 1 aliphatic rings. The maximum Gasteiger partial charge on any atom is 0.267 e. The Morgan fingerprint density at radius 3 is 2.82 bits per heavy atom. The molecule has 6 nitrogen and oxygen atoms in total. The van der Waals surface area contributed by atoms with Crippen molar-refractivity contribution < 1.29 is 9.53 Å². The molecule has 1 aromatic carbocycles. The second-order valence-corrected chi connectivity index (χ2v) is 5.26. The molecule has 114 valence electrons. The van der Waals surface area contributed by atoms with E-state index in [9.17, 15) is 9.59 Å². The minimum atomic E-state index is -0.301. The lowest BCUT2D eigenvalue weighted by Crippen LogP contribution is -2.34. The Hall–Kier alpha value is -2.63. The lowest BCUT2D eigenvalue weighted by Gasteiger charge is -2.10. The van der Waals surface area contributed by atoms with Gasteiger partial charge in [-0.2, -0.15) is 5.10 Å². The number of hydrogen-bond donors (Lipinski definition) is 1. The first-order valence-electron chi connectivity index (χ1n) is 7.18. The molecule has 22 heavy (non-hydrogen) atoms. The number of ether oxygens (including phenoxy) is 1. The molecule has 1 aromatic heterocycles. The van der Waals surface area contributed by atoms with Gasteiger partial charge in [0.05, 0.1) is 12.8 Å². The van der Waals surface area contributed by atoms with E-state index in [2.05, 4.69) is 10.4 Å². The van der Waals surface area contributed by atoms with E-state index in [1.165, 1.54) is 10.7 Å². The molecule has 1 fully saturated rings. The maximum atomic E-state index is 11.9. The van der Waals surface area contributed by atoms with Gasteiger partial charge in [0.1, 0.15) is 12.3 Å². The van der Waals surface area contributed by atoms with Crippen molar-refractivity contribution in [2.24, 2.45) is 0 Å². The predicted octanol–water partition coefficient (Wildman–Crippen LogP) is 1.20. The molecule has 1 aliphatic carbocycles. The van der Waals surface area contributed by atoms with E-state index in [0.29, 0.717) is 11.4 Å². The van der Waals surface area contributed by atoms with Gasteiger partial charge in [-0.15, -0.1) is 0 Å². The highest BCUT2D eigenvalue weighted by Gasteiger charge is 2.23. The fourth-order valence-electron chi connectivity index (χ4n) is 2.20. The lowest BCUT2D eigenvalue weighted by atomic mass is 10.1. The van der Waals surface area contributed by atoms with Gasteiger partial charge in [0, 0.05) is 17.7 Å². The molecule has 1 N–H and O–H groups in total. The van der Waals surface area contributed by atoms with Crippen molar-refractivity contribution in [3.8, 4) is 17.0 Å². The Labute approximate surface area is 127 Å². The smallest absolute Gasteiger partial charge is 0.267 e. The van der Waals surface area contributed by atoms with Crippen LogP contribution in [0.15, 0.2) is 41.2 Å². The number of rotatable bonds is 5. The van der Waals surface area contributed by atoms with Crippen LogP contribution >= 0.6 is 0 Å². The Morgan fingerprint density at radius 1 is 1.32 bits per heavy atom. The first-order chi connectivity index (χ1) is 10.7. The number of aromatic nitrogens is 2. The second-order valence-electron chi connectivity index (χ2n) is 5.26. The zero-order chi connectivity index (χ0) is 15.5. The van der Waals surface area contributed by atoms with Gasteiger partial charge >= 0.3 is 0 Å². The molecular formula is C16H17N3O3. The van der Waals surface area contributed by atoms with Gasteiger partial charge in [-0.25, -0.2) is 4.68 Å². The van der Waals surface area contributed by atoms with Crippen molar-refractivity contribution in [2.45, 2.75) is 25.4 Å². The fourth-order valence-corrected chi connectivity index (χ4v) is 2.20. The van der Waals surface area contributed by atoms with Crippen LogP contribution in [0.1, 0.15) is 12.8 Å². The number of carbonyl (C=O) groups excluding carboxylic acids is 1. The van der Waals surface area contributed by atoms with Gasteiger partial charge in [0.2, 0.25) is 5.91 Å². The Morgan fingerprint density at radius 2 is 2.09 bits per heavy atom. The summed E-state index contributed by atoms with van der Waals surface area (Å²) in [6.45, 7) is -0.0711. The van der Waals surface area contributed by atoms with E-state index in [1.807, 2.05) is 24.3 Å². The van der Waals surface area contributed by atoms with Crippen LogP contribution in [0.5, 0.6) is 5.75 Å². The summed E-state index contributed by atoms with van der Waals surface area (Å²) in [4.78, 5) is 23.7. The Kier molecular flexibility index (Phi) is 3.91. The molecular weight excluding hydrogens is 282 g/mol. The van der Waals surface area contributed by atoms with Crippen molar-refractivity contribution in [3.63, 3.8) is 0 Å². The lowest BCUT2D eigenvalue weighted by molar-refractivity contribution is -0.122. The minimum absolute atomic E-state index is 0.0711. The summed E-state index contributed by atoms with van der Waals surface area (Å²) in [6.07, 6.45) is 2.02. The highest BCUT2D eigenvalue weighted by molar-refractivity contribution is 5.76. The van der Waals surface area contributed by atoms with Gasteiger partial charge in [0.25, 0.3) is 5.56 Å². The summed E-state index contributed by atoms with van der Waals surface area (Å²) in [5, 5.41) is 7.13. The molecule has 3 rings (SSSR count). The molecule has 0 radical (unpaired) electrons. The van der Waals surface area contributed by atoms with Gasteiger partial charge in [-0.05, 0) is 31.0 Å². The third kappa shape index (κ3) is 3.16. The molecule has 2 aromatic rings. The molecule has 1 saturated carbocycles. The summed E-state index contributed by atoms with van der Waals surface area (Å²) in [5.74, 6) is 0.483. The van der Waals surface area contributed by atoms with Crippen LogP contribution in [0.25, 0.3) is 11.3 Å². The highest BCUT2D eigenvalue weighted by atomic mass is 16.5. The van der Waals surface area contributed by atoms with E-state index < -0.39 is 0 Å². The number of hydrogen-bond acceptors (Lipinski definition) is 4. The van der Waals surface area contributed by atoms with Crippen LogP contribution in [0.3, 0.4) is 0 Å². The van der Waals surface area contributed by atoms with E-state index in [4.69, 9.17) is 4.74 Å². The molecule has 6 heteroatoms. The van der Waals surface area contributed by atoms with Gasteiger partial charge in [0.15, 0.2) is 0 Å². The zero-order valence-corrected chi connectivity index (χ0v) is 12.3. The number of nitrogens with one attached hydrogen (secondary N) is 1. The van der Waals surface area contributed by atoms with Gasteiger partial charge in [-0.3, -0.25) is 9.59 Å². The van der Waals surface area contributed by atoms with Gasteiger partial charge in [-0.1, -0.05) is 12.1 Å². The SMILES string of the molecule is COc1ccccc1-c1ccc(=O)n(CC(=O)NC2CC2)n1. The van der Waals surface area contributed by atoms with Crippen LogP contribution in [0, 0.1) is 0 Å². The van der Waals surface area contributed by atoms with Crippen molar-refractivity contribution >= 4 is 5.91 Å². The number of nitrogens with zero attached hydrogens (tertiary/aromatic N) is 2. The topological polar surface area (TPSA) is 73.2 Å². The maximum absolute atomic E-state index is 11.9. The normalized spacial score (nSPS) is 13.7. The van der Waals surface area contributed by atoms with Crippen LogP contribution < -0.4 is 15.6 Å². The van der Waals surface area contributed by atoms with Crippen LogP contribution in [-0.4, -0.2) is 28.8 Å². The third-order valence-electron chi connectivity index (χ3n) is 3.49. The fraction of sp³-hybridized carbons (Fsp3) is 0.312. The summed E-state index contributed by atoms with van der Waals surface area (Å²) < 4.78 is 6.49. The van der Waals surface area contributed by atoms with Crippen molar-refractivity contribution in [3.05, 3.63) is 46.8 Å². The molecule has 0 aliphatic heterocycles. The standard InChI is InChI=1S/C16H17N3O3/c1-22-14-5-3-2-4-12(14)13-8-9-16(21)19(18-13)10-15(20)17-11-6-7-11/h2-5,8-9,11H,6-7,10H2,1H3,(H,17,20). The summed E-state index contributed by atoms with van der Waals surface area (Å²) in [6, 6.07) is 10.7. The number of methoxy groups -OCH3 is 1. The average Bonchev–Trinajstić information content (AvgIpc) is 3.33. The van der Waals surface area contributed by atoms with Crippen LogP contribution in [0.2, 0.25) is 0 Å². The van der Waals surface area contributed by atoms with E-state index in [1.54, 1.807) is 13.2 Å². The molecule has 0 bridgehead atoms. The van der Waals surface area contributed by atoms with Crippen molar-refractivity contribution in [2.75, 3.05) is 7.11 Å². The average molecular weight is 299 g/mol. The largest absolute Gasteiger partial charge is 0.496 e. The Balaban J connectivity index is 1.88. The quantitative estimate of drug-likeness (QED) is 0.900. The van der Waals surface area contributed by atoms with Gasteiger partial charge < -0.3 is 10.1 Å². The molecule has 0 unspecified atom stereocenters. The molecule has 1 heterocycles. The highest BCUT2D eigenvalue weighted by Crippen LogP contribution is 2.27. The van der Waals surface area contributed by atoms with Crippen LogP contribution in [0.4, 0.5) is 0 Å². The third-order valence-corrected chi connectivity index (χ3v) is 3.49. The first kappa shape index (κ1) is 14.3. The molecule has 0 spiro atoms. The van der Waals surface area contributed by atoms with E-state index >= 15 is 0 Å². The van der Waals surface area contributed by atoms with E-state index in [-0.39, 0.29) is 24.1 Å². The summed E-state index contributed by atoms with van der Waals surface area (Å²) in [7, 11) is 1.58. The number of amides is 1. The number of benzene rings is 1. The molecule has 0 saturated heterocycles. The first-order valence-corrected chi connectivity index (χ1v) is 7.18. The van der Waals surface area contributed by atoms with Crippen molar-refractivity contribution in [1.82, 2.24) is 15.1 Å². The zero-order valence-electron chi connectivity index (χ0n) is 12.3. The minimum Gasteiger partial charge on any atom is -0.496 e. The molecule has 0 atom stereocenters. The summed E-state index contributed by atoms with van der Waals surface area (Å²) >= 11 is 0. The molecule has 1 amide bonds. The Bertz CT molecular complexity index is 750. The predicted molar refractivity (Wildman–Crippen MR) is 81.6 cm³/mol.